The highest BCUT2D eigenvalue weighted by molar-refractivity contribution is 7.98. The summed E-state index contributed by atoms with van der Waals surface area (Å²) in [5, 5.41) is 13.1. The Morgan fingerprint density at radius 2 is 2.08 bits per heavy atom. The molecule has 3 heterocycles. The number of hydrogen-bond acceptors (Lipinski definition) is 6. The van der Waals surface area contributed by atoms with Crippen LogP contribution < -0.4 is 5.56 Å². The van der Waals surface area contributed by atoms with Crippen molar-refractivity contribution >= 4 is 39.8 Å². The number of para-hydroxylation sites is 1. The predicted octanol–water partition coefficient (Wildman–Crippen LogP) is 2.89. The van der Waals surface area contributed by atoms with Crippen molar-refractivity contribution < 1.29 is 0 Å². The van der Waals surface area contributed by atoms with Crippen LogP contribution in [0.5, 0.6) is 0 Å². The van der Waals surface area contributed by atoms with Crippen LogP contribution in [0.1, 0.15) is 17.6 Å². The van der Waals surface area contributed by atoms with E-state index in [1.165, 1.54) is 4.57 Å². The van der Waals surface area contributed by atoms with Gasteiger partial charge in [0.2, 0.25) is 5.78 Å². The largest absolute Gasteiger partial charge is 0.279 e. The zero-order chi connectivity index (χ0) is 16.7. The van der Waals surface area contributed by atoms with E-state index < -0.39 is 0 Å². The summed E-state index contributed by atoms with van der Waals surface area (Å²) in [6.07, 6.45) is 0.954. The van der Waals surface area contributed by atoms with E-state index in [1.807, 2.05) is 28.7 Å². The smallest absolute Gasteiger partial charge is 0.262 e. The molecule has 4 aromatic rings. The van der Waals surface area contributed by atoms with Crippen LogP contribution >= 0.6 is 23.1 Å². The highest BCUT2D eigenvalue weighted by Crippen LogP contribution is 2.25. The Morgan fingerprint density at radius 3 is 2.88 bits per heavy atom. The Balaban J connectivity index is 1.80. The van der Waals surface area contributed by atoms with E-state index in [9.17, 15) is 4.79 Å². The monoisotopic (exact) mass is 357 g/mol. The van der Waals surface area contributed by atoms with Crippen molar-refractivity contribution in [1.29, 1.82) is 0 Å². The fourth-order valence-corrected chi connectivity index (χ4v) is 4.30. The number of hydrogen-bond donors (Lipinski definition) is 0. The zero-order valence-corrected chi connectivity index (χ0v) is 14.9. The van der Waals surface area contributed by atoms with Gasteiger partial charge in [0.1, 0.15) is 0 Å². The van der Waals surface area contributed by atoms with Crippen molar-refractivity contribution in [2.45, 2.75) is 24.3 Å². The van der Waals surface area contributed by atoms with Gasteiger partial charge in [0.05, 0.1) is 21.6 Å². The highest BCUT2D eigenvalue weighted by Gasteiger charge is 2.15. The van der Waals surface area contributed by atoms with Crippen molar-refractivity contribution in [2.75, 3.05) is 0 Å². The first-order chi connectivity index (χ1) is 11.7. The van der Waals surface area contributed by atoms with Gasteiger partial charge in [-0.05, 0) is 18.6 Å². The Morgan fingerprint density at radius 1 is 1.25 bits per heavy atom. The summed E-state index contributed by atoms with van der Waals surface area (Å²) in [5.74, 6) is 1.28. The van der Waals surface area contributed by atoms with Gasteiger partial charge in [-0.25, -0.2) is 4.98 Å². The van der Waals surface area contributed by atoms with Gasteiger partial charge < -0.3 is 0 Å². The summed E-state index contributed by atoms with van der Waals surface area (Å²) in [7, 11) is 1.72. The van der Waals surface area contributed by atoms with Gasteiger partial charge in [0.15, 0.2) is 5.16 Å². The molecule has 122 valence electrons. The average Bonchev–Trinajstić information content (AvgIpc) is 3.24. The van der Waals surface area contributed by atoms with Gasteiger partial charge in [0, 0.05) is 18.2 Å². The zero-order valence-electron chi connectivity index (χ0n) is 13.3. The molecule has 3 aromatic heterocycles. The van der Waals surface area contributed by atoms with Gasteiger partial charge in [0.25, 0.3) is 5.56 Å². The van der Waals surface area contributed by atoms with Crippen LogP contribution in [0.25, 0.3) is 16.7 Å². The second-order valence-corrected chi connectivity index (χ2v) is 7.26. The minimum Gasteiger partial charge on any atom is -0.279 e. The summed E-state index contributed by atoms with van der Waals surface area (Å²) in [5.41, 5.74) is 1.82. The number of aromatic nitrogens is 5. The van der Waals surface area contributed by atoms with E-state index in [4.69, 9.17) is 0 Å². The van der Waals surface area contributed by atoms with Crippen molar-refractivity contribution in [2.24, 2.45) is 7.05 Å². The number of thioether (sulfide) groups is 1. The molecule has 0 N–H and O–H groups in total. The van der Waals surface area contributed by atoms with Gasteiger partial charge >= 0.3 is 0 Å². The van der Waals surface area contributed by atoms with Crippen LogP contribution in [-0.2, 0) is 19.2 Å². The molecule has 0 aliphatic heterocycles. The number of nitrogens with zero attached hydrogens (tertiary/aromatic N) is 5. The molecule has 24 heavy (non-hydrogen) atoms. The second kappa shape index (κ2) is 6.03. The van der Waals surface area contributed by atoms with Crippen LogP contribution in [0.2, 0.25) is 0 Å². The molecule has 4 rings (SSSR count). The standard InChI is InChI=1S/C16H15N5OS2/c1-3-13-17-10(8-23-13)9-24-16-19-18-15-20(2)14(22)11-6-4-5-7-12(11)21(15)16/h4-8H,3,9H2,1-2H3. The van der Waals surface area contributed by atoms with Crippen molar-refractivity contribution in [3.05, 3.63) is 50.7 Å². The summed E-state index contributed by atoms with van der Waals surface area (Å²) in [6.45, 7) is 2.11. The van der Waals surface area contributed by atoms with E-state index in [0.29, 0.717) is 11.2 Å². The van der Waals surface area contributed by atoms with Gasteiger partial charge in [-0.2, -0.15) is 0 Å². The van der Waals surface area contributed by atoms with E-state index in [1.54, 1.807) is 30.1 Å². The summed E-state index contributed by atoms with van der Waals surface area (Å²) >= 11 is 3.27. The molecular weight excluding hydrogens is 342 g/mol. The number of fused-ring (bicyclic) bond motifs is 3. The maximum Gasteiger partial charge on any atom is 0.262 e. The number of aryl methyl sites for hydroxylation is 2. The van der Waals surface area contributed by atoms with Crippen LogP contribution in [0.4, 0.5) is 0 Å². The molecule has 0 amide bonds. The molecule has 0 unspecified atom stereocenters. The quantitative estimate of drug-likeness (QED) is 0.526. The molecule has 0 fully saturated rings. The number of benzene rings is 1. The minimum absolute atomic E-state index is 0.0610. The number of rotatable bonds is 4. The van der Waals surface area contributed by atoms with Crippen molar-refractivity contribution in [1.82, 2.24) is 24.1 Å². The molecule has 0 saturated heterocycles. The Labute approximate surface area is 146 Å². The maximum absolute atomic E-state index is 12.4. The Hall–Kier alpha value is -2.19. The van der Waals surface area contributed by atoms with Crippen molar-refractivity contribution in [3.8, 4) is 0 Å². The first-order valence-electron chi connectivity index (χ1n) is 7.58. The third-order valence-electron chi connectivity index (χ3n) is 3.85. The molecule has 8 heteroatoms. The van der Waals surface area contributed by atoms with Crippen molar-refractivity contribution in [3.63, 3.8) is 0 Å². The van der Waals surface area contributed by atoms with E-state index in [2.05, 4.69) is 27.5 Å². The fourth-order valence-electron chi connectivity index (χ4n) is 2.62. The molecule has 1 aromatic carbocycles. The first kappa shape index (κ1) is 15.3. The lowest BCUT2D eigenvalue weighted by Gasteiger charge is -2.07. The molecule has 0 saturated carbocycles. The average molecular weight is 357 g/mol. The van der Waals surface area contributed by atoms with E-state index in [-0.39, 0.29) is 5.56 Å². The lowest BCUT2D eigenvalue weighted by molar-refractivity contribution is 0.853. The molecule has 0 spiro atoms. The summed E-state index contributed by atoms with van der Waals surface area (Å²) < 4.78 is 3.48. The molecule has 6 nitrogen and oxygen atoms in total. The summed E-state index contributed by atoms with van der Waals surface area (Å²) in [6, 6.07) is 7.55. The fraction of sp³-hybridized carbons (Fsp3) is 0.250. The minimum atomic E-state index is -0.0610. The van der Waals surface area contributed by atoms with Gasteiger partial charge in [-0.3, -0.25) is 13.8 Å². The topological polar surface area (TPSA) is 65.1 Å². The SMILES string of the molecule is CCc1nc(CSc2nnc3n(C)c(=O)c4ccccc4n23)cs1. The number of thiazole rings is 1. The van der Waals surface area contributed by atoms with Gasteiger partial charge in [-0.15, -0.1) is 21.5 Å². The second-order valence-electron chi connectivity index (χ2n) is 5.37. The lowest BCUT2D eigenvalue weighted by Crippen LogP contribution is -2.20. The highest BCUT2D eigenvalue weighted by atomic mass is 32.2. The molecule has 0 atom stereocenters. The molecular formula is C16H15N5OS2. The van der Waals surface area contributed by atoms with Crippen LogP contribution in [0.3, 0.4) is 0 Å². The van der Waals surface area contributed by atoms with Gasteiger partial charge in [-0.1, -0.05) is 30.8 Å². The normalized spacial score (nSPS) is 11.6. The predicted molar refractivity (Wildman–Crippen MR) is 96.8 cm³/mol. The molecule has 0 aliphatic carbocycles. The van der Waals surface area contributed by atoms with E-state index in [0.717, 1.165) is 33.5 Å². The van der Waals surface area contributed by atoms with Crippen LogP contribution in [0.15, 0.2) is 39.6 Å². The molecule has 0 radical (unpaired) electrons. The van der Waals surface area contributed by atoms with E-state index >= 15 is 0 Å². The summed E-state index contributed by atoms with van der Waals surface area (Å²) in [4.78, 5) is 17.0. The Kier molecular flexibility index (Phi) is 3.85. The molecule has 0 bridgehead atoms. The Bertz CT molecular complexity index is 1090. The van der Waals surface area contributed by atoms with Crippen LogP contribution in [-0.4, -0.2) is 24.1 Å². The third-order valence-corrected chi connectivity index (χ3v) is 5.85. The maximum atomic E-state index is 12.4. The van der Waals surface area contributed by atoms with Crippen LogP contribution in [0, 0.1) is 0 Å². The molecule has 0 aliphatic rings. The first-order valence-corrected chi connectivity index (χ1v) is 9.44. The lowest BCUT2D eigenvalue weighted by atomic mass is 10.2. The third kappa shape index (κ3) is 2.42.